The molecular formula is C33H34F3N5O5. The van der Waals surface area contributed by atoms with Crippen molar-refractivity contribution in [2.75, 3.05) is 20.7 Å². The van der Waals surface area contributed by atoms with Crippen LogP contribution in [-0.4, -0.2) is 64.7 Å². The smallest absolute Gasteiger partial charge is 0.408 e. The summed E-state index contributed by atoms with van der Waals surface area (Å²) in [6.07, 6.45) is 1.92. The Labute approximate surface area is 263 Å². The highest BCUT2D eigenvalue weighted by atomic mass is 19.3. The number of ether oxygens (including phenoxy) is 3. The molecule has 10 nitrogen and oxygen atoms in total. The van der Waals surface area contributed by atoms with E-state index in [9.17, 15) is 18.4 Å². The van der Waals surface area contributed by atoms with Crippen molar-refractivity contribution in [2.24, 2.45) is 0 Å². The monoisotopic (exact) mass is 637 g/mol. The van der Waals surface area contributed by atoms with Crippen LogP contribution in [-0.2, 0) is 10.3 Å². The molecule has 1 amide bonds. The number of halogens is 3. The van der Waals surface area contributed by atoms with Gasteiger partial charge in [-0.05, 0) is 66.4 Å². The fourth-order valence-corrected chi connectivity index (χ4v) is 6.28. The van der Waals surface area contributed by atoms with Crippen molar-refractivity contribution in [3.63, 3.8) is 0 Å². The zero-order chi connectivity index (χ0) is 33.1. The number of hydrogen-bond donors (Lipinski definition) is 1. The van der Waals surface area contributed by atoms with Crippen molar-refractivity contribution in [3.05, 3.63) is 71.1 Å². The molecular weight excluding hydrogens is 603 g/mol. The Morgan fingerprint density at radius 2 is 2.00 bits per heavy atom. The normalized spacial score (nSPS) is 20.5. The van der Waals surface area contributed by atoms with Gasteiger partial charge in [0.2, 0.25) is 0 Å². The van der Waals surface area contributed by atoms with Crippen LogP contribution in [0.25, 0.3) is 22.2 Å². The van der Waals surface area contributed by atoms with Gasteiger partial charge in [-0.15, -0.1) is 0 Å². The number of amides is 1. The molecule has 0 aliphatic carbocycles. The maximum absolute atomic E-state index is 15.8. The molecule has 1 N–H and O–H groups in total. The SMILES string of the molecule is CN(C)C1C[C@H](c2c(C=O)cccc2OC(F)F)n2c1nc1cc(F)c(-c3cnc4c(c3)OCC4(C)NC(=O)OC(C)(C)C)cc12. The quantitative estimate of drug-likeness (QED) is 0.233. The number of alkyl halides is 2. The standard InChI is InChI=1S/C33H34F3N5O5/c1-32(2,3)46-31(43)39-33(4)16-44-26-10-18(14-37-28(26)33)19-11-22-21(12-20(19)34)38-29-24(40(5)6)13-23(41(22)29)27-17(15-42)8-7-9-25(27)45-30(35)36/h7-12,14-15,23-24,30H,13,16H2,1-6H3,(H,39,43)/t23-,24?,33?/m1/s1. The molecule has 3 atom stereocenters. The maximum Gasteiger partial charge on any atom is 0.408 e. The van der Waals surface area contributed by atoms with Crippen molar-refractivity contribution in [1.29, 1.82) is 0 Å². The minimum Gasteiger partial charge on any atom is -0.489 e. The number of aldehydes is 1. The fraction of sp³-hybridized carbons (Fsp3) is 0.394. The largest absolute Gasteiger partial charge is 0.489 e. The van der Waals surface area contributed by atoms with E-state index in [0.29, 0.717) is 52.1 Å². The van der Waals surface area contributed by atoms with Gasteiger partial charge in [-0.1, -0.05) is 12.1 Å². The third-order valence-electron chi connectivity index (χ3n) is 8.24. The van der Waals surface area contributed by atoms with E-state index in [-0.39, 0.29) is 29.5 Å². The van der Waals surface area contributed by atoms with Crippen molar-refractivity contribution in [1.82, 2.24) is 24.8 Å². The Hall–Kier alpha value is -4.65. The van der Waals surface area contributed by atoms with Gasteiger partial charge < -0.3 is 24.1 Å². The molecule has 0 fully saturated rings. The number of carbonyl (C=O) groups is 2. The molecule has 242 valence electrons. The molecule has 2 aliphatic heterocycles. The van der Waals surface area contributed by atoms with E-state index in [2.05, 4.69) is 10.3 Å². The van der Waals surface area contributed by atoms with Gasteiger partial charge in [-0.25, -0.2) is 14.2 Å². The van der Waals surface area contributed by atoms with E-state index in [1.807, 2.05) is 23.6 Å². The number of imidazole rings is 1. The summed E-state index contributed by atoms with van der Waals surface area (Å²) in [6.45, 7) is 4.06. The lowest BCUT2D eigenvalue weighted by Gasteiger charge is -2.26. The molecule has 6 rings (SSSR count). The lowest BCUT2D eigenvalue weighted by atomic mass is 9.96. The van der Waals surface area contributed by atoms with Crippen LogP contribution in [0.2, 0.25) is 0 Å². The first-order chi connectivity index (χ1) is 21.7. The lowest BCUT2D eigenvalue weighted by Crippen LogP contribution is -2.47. The molecule has 0 spiro atoms. The number of aromatic nitrogens is 3. The van der Waals surface area contributed by atoms with E-state index < -0.39 is 35.7 Å². The summed E-state index contributed by atoms with van der Waals surface area (Å²) < 4.78 is 60.7. The van der Waals surface area contributed by atoms with Gasteiger partial charge >= 0.3 is 12.7 Å². The molecule has 2 aromatic heterocycles. The number of alkyl carbamates (subject to hydrolysis) is 1. The van der Waals surface area contributed by atoms with Crippen molar-refractivity contribution in [2.45, 2.75) is 64.0 Å². The van der Waals surface area contributed by atoms with Gasteiger partial charge in [0.05, 0.1) is 23.1 Å². The number of pyridine rings is 1. The van der Waals surface area contributed by atoms with Crippen LogP contribution in [0.4, 0.5) is 18.0 Å². The second-order valence-electron chi connectivity index (χ2n) is 13.0. The summed E-state index contributed by atoms with van der Waals surface area (Å²) in [6, 6.07) is 8.20. The summed E-state index contributed by atoms with van der Waals surface area (Å²) in [4.78, 5) is 35.9. The van der Waals surface area contributed by atoms with E-state index in [1.165, 1.54) is 24.4 Å². The molecule has 2 unspecified atom stereocenters. The van der Waals surface area contributed by atoms with Crippen LogP contribution in [0, 0.1) is 5.82 Å². The molecule has 4 aromatic rings. The number of nitrogens with zero attached hydrogens (tertiary/aromatic N) is 4. The fourth-order valence-electron chi connectivity index (χ4n) is 6.28. The van der Waals surface area contributed by atoms with Gasteiger partial charge in [-0.2, -0.15) is 8.78 Å². The van der Waals surface area contributed by atoms with E-state index in [1.54, 1.807) is 45.9 Å². The minimum absolute atomic E-state index is 0.0996. The van der Waals surface area contributed by atoms with Crippen LogP contribution in [0.1, 0.15) is 73.6 Å². The summed E-state index contributed by atoms with van der Waals surface area (Å²) >= 11 is 0. The molecule has 2 aromatic carbocycles. The van der Waals surface area contributed by atoms with Crippen molar-refractivity contribution < 1.29 is 37.0 Å². The highest BCUT2D eigenvalue weighted by Gasteiger charge is 2.42. The molecule has 0 bridgehead atoms. The Balaban J connectivity index is 1.44. The zero-order valence-electron chi connectivity index (χ0n) is 26.2. The summed E-state index contributed by atoms with van der Waals surface area (Å²) in [5.41, 5.74) is 0.866. The third kappa shape index (κ3) is 5.52. The van der Waals surface area contributed by atoms with Crippen LogP contribution >= 0.6 is 0 Å². The molecule has 0 saturated carbocycles. The Morgan fingerprint density at radius 3 is 2.67 bits per heavy atom. The first-order valence-electron chi connectivity index (χ1n) is 14.7. The molecule has 2 aliphatic rings. The second kappa shape index (κ2) is 11.3. The number of carbonyl (C=O) groups excluding carboxylic acids is 2. The van der Waals surface area contributed by atoms with Gasteiger partial charge in [0, 0.05) is 34.5 Å². The van der Waals surface area contributed by atoms with Crippen LogP contribution in [0.5, 0.6) is 11.5 Å². The summed E-state index contributed by atoms with van der Waals surface area (Å²) in [5, 5.41) is 2.83. The van der Waals surface area contributed by atoms with E-state index >= 15 is 4.39 Å². The zero-order valence-corrected chi connectivity index (χ0v) is 26.2. The summed E-state index contributed by atoms with van der Waals surface area (Å²) in [7, 11) is 3.74. The topological polar surface area (TPSA) is 108 Å². The van der Waals surface area contributed by atoms with Crippen molar-refractivity contribution in [3.8, 4) is 22.6 Å². The van der Waals surface area contributed by atoms with Crippen LogP contribution < -0.4 is 14.8 Å². The average molecular weight is 638 g/mol. The van der Waals surface area contributed by atoms with Gasteiger partial charge in [0.25, 0.3) is 0 Å². The van der Waals surface area contributed by atoms with Gasteiger partial charge in [0.1, 0.15) is 46.6 Å². The van der Waals surface area contributed by atoms with Gasteiger partial charge in [0.15, 0.2) is 6.29 Å². The molecule has 13 heteroatoms. The first kappa shape index (κ1) is 31.3. The summed E-state index contributed by atoms with van der Waals surface area (Å²) in [5.74, 6) is 0.326. The lowest BCUT2D eigenvalue weighted by molar-refractivity contribution is -0.0507. The van der Waals surface area contributed by atoms with E-state index in [0.717, 1.165) is 0 Å². The predicted octanol–water partition coefficient (Wildman–Crippen LogP) is 6.38. The molecule has 4 heterocycles. The number of rotatable bonds is 7. The number of benzene rings is 2. The number of nitrogens with one attached hydrogen (secondary N) is 1. The molecule has 0 radical (unpaired) electrons. The average Bonchev–Trinajstić information content (AvgIpc) is 3.61. The highest BCUT2D eigenvalue weighted by molar-refractivity contribution is 5.85. The first-order valence-corrected chi connectivity index (χ1v) is 14.7. The van der Waals surface area contributed by atoms with Gasteiger partial charge in [-0.3, -0.25) is 14.7 Å². The Kier molecular flexibility index (Phi) is 7.70. The second-order valence-corrected chi connectivity index (χ2v) is 13.0. The Bertz CT molecular complexity index is 1850. The predicted molar refractivity (Wildman–Crippen MR) is 163 cm³/mol. The molecule has 0 saturated heterocycles. The number of hydrogen-bond acceptors (Lipinski definition) is 8. The van der Waals surface area contributed by atoms with Crippen molar-refractivity contribution >= 4 is 23.4 Å². The highest BCUT2D eigenvalue weighted by Crippen LogP contribution is 2.47. The molecule has 46 heavy (non-hydrogen) atoms. The number of fused-ring (bicyclic) bond motifs is 4. The Morgan fingerprint density at radius 1 is 1.24 bits per heavy atom. The van der Waals surface area contributed by atoms with Crippen LogP contribution in [0.3, 0.4) is 0 Å². The maximum atomic E-state index is 15.8. The van der Waals surface area contributed by atoms with Crippen LogP contribution in [0.15, 0.2) is 42.6 Å². The minimum atomic E-state index is -3.10. The van der Waals surface area contributed by atoms with E-state index in [4.69, 9.17) is 19.2 Å². The third-order valence-corrected chi connectivity index (χ3v) is 8.24.